The van der Waals surface area contributed by atoms with E-state index < -0.39 is 26.6 Å². The highest BCUT2D eigenvalue weighted by Crippen LogP contribution is 2.31. The van der Waals surface area contributed by atoms with E-state index in [-0.39, 0.29) is 0 Å². The minimum absolute atomic E-state index is 0.509. The molecule has 4 nitrogen and oxygen atoms in total. The first-order valence-corrected chi connectivity index (χ1v) is 8.95. The maximum absolute atomic E-state index is 14.0. The average molecular weight is 348 g/mol. The number of nitrogens with zero attached hydrogens (tertiary/aromatic N) is 1. The van der Waals surface area contributed by atoms with E-state index in [2.05, 4.69) is 5.32 Å². The Morgan fingerprint density at radius 3 is 2.71 bits per heavy atom. The van der Waals surface area contributed by atoms with Gasteiger partial charge in [-0.2, -0.15) is 0 Å². The van der Waals surface area contributed by atoms with Crippen LogP contribution in [0.25, 0.3) is 10.9 Å². The summed E-state index contributed by atoms with van der Waals surface area (Å²) in [5, 5.41) is 4.17. The minimum Gasteiger partial charge on any atom is -0.312 e. The highest BCUT2D eigenvalue weighted by atomic mass is 32.2. The van der Waals surface area contributed by atoms with Gasteiger partial charge in [-0.25, -0.2) is 21.2 Å². The molecular weight excluding hydrogens is 334 g/mol. The Morgan fingerprint density at radius 1 is 1.08 bits per heavy atom. The van der Waals surface area contributed by atoms with Crippen LogP contribution in [0.2, 0.25) is 0 Å². The number of halogens is 2. The van der Waals surface area contributed by atoms with Crippen LogP contribution in [-0.4, -0.2) is 18.9 Å². The van der Waals surface area contributed by atoms with Crippen molar-refractivity contribution in [2.45, 2.75) is 17.9 Å². The molecule has 1 N–H and O–H groups in total. The molecule has 0 spiro atoms. The summed E-state index contributed by atoms with van der Waals surface area (Å²) in [4.78, 5) is -0.534. The van der Waals surface area contributed by atoms with E-state index in [1.807, 2.05) is 6.07 Å². The van der Waals surface area contributed by atoms with Crippen molar-refractivity contribution < 1.29 is 17.2 Å². The second-order valence-corrected chi connectivity index (χ2v) is 7.55. The summed E-state index contributed by atoms with van der Waals surface area (Å²) in [6, 6.07) is 7.91. The molecule has 2 heterocycles. The molecule has 3 aromatic rings. The molecular formula is C17H14F2N2O2S. The van der Waals surface area contributed by atoms with Crippen LogP contribution < -0.4 is 5.32 Å². The lowest BCUT2D eigenvalue weighted by atomic mass is 10.1. The third kappa shape index (κ3) is 2.23. The van der Waals surface area contributed by atoms with Gasteiger partial charge in [0, 0.05) is 24.2 Å². The number of aromatic nitrogens is 1. The van der Waals surface area contributed by atoms with Gasteiger partial charge in [-0.15, -0.1) is 0 Å². The Kier molecular flexibility index (Phi) is 3.43. The Balaban J connectivity index is 2.00. The molecule has 0 bridgehead atoms. The van der Waals surface area contributed by atoms with E-state index >= 15 is 0 Å². The highest BCUT2D eigenvalue weighted by molar-refractivity contribution is 7.90. The first kappa shape index (κ1) is 15.3. The van der Waals surface area contributed by atoms with Crippen LogP contribution in [0, 0.1) is 11.6 Å². The topological polar surface area (TPSA) is 51.1 Å². The number of hydrogen-bond donors (Lipinski definition) is 1. The van der Waals surface area contributed by atoms with E-state index in [0.29, 0.717) is 24.5 Å². The molecule has 1 aliphatic heterocycles. The van der Waals surface area contributed by atoms with Crippen molar-refractivity contribution >= 4 is 20.9 Å². The molecule has 0 amide bonds. The quantitative estimate of drug-likeness (QED) is 0.775. The number of benzene rings is 2. The Morgan fingerprint density at radius 2 is 1.92 bits per heavy atom. The van der Waals surface area contributed by atoms with Crippen molar-refractivity contribution in [2.24, 2.45) is 0 Å². The van der Waals surface area contributed by atoms with Crippen LogP contribution in [0.1, 0.15) is 11.1 Å². The molecule has 2 aromatic carbocycles. The van der Waals surface area contributed by atoms with Crippen molar-refractivity contribution in [1.82, 2.24) is 9.29 Å². The van der Waals surface area contributed by atoms with Crippen molar-refractivity contribution in [1.29, 1.82) is 0 Å². The van der Waals surface area contributed by atoms with Gasteiger partial charge in [0.2, 0.25) is 0 Å². The molecule has 124 valence electrons. The van der Waals surface area contributed by atoms with Crippen LogP contribution in [-0.2, 0) is 23.0 Å². The van der Waals surface area contributed by atoms with Gasteiger partial charge < -0.3 is 5.32 Å². The lowest BCUT2D eigenvalue weighted by Crippen LogP contribution is -2.16. The second kappa shape index (κ2) is 5.39. The fourth-order valence-corrected chi connectivity index (χ4v) is 4.62. The zero-order chi connectivity index (χ0) is 16.9. The van der Waals surface area contributed by atoms with Crippen molar-refractivity contribution in [3.63, 3.8) is 0 Å². The van der Waals surface area contributed by atoms with Gasteiger partial charge in [-0.1, -0.05) is 12.1 Å². The molecule has 0 radical (unpaired) electrons. The van der Waals surface area contributed by atoms with Crippen LogP contribution in [0.3, 0.4) is 0 Å². The van der Waals surface area contributed by atoms with Crippen LogP contribution in [0.15, 0.2) is 47.5 Å². The predicted octanol–water partition coefficient (Wildman–Crippen LogP) is 2.80. The summed E-state index contributed by atoms with van der Waals surface area (Å²) >= 11 is 0. The fourth-order valence-electron chi connectivity index (χ4n) is 3.19. The predicted molar refractivity (Wildman–Crippen MR) is 86.3 cm³/mol. The van der Waals surface area contributed by atoms with Crippen molar-refractivity contribution in [2.75, 3.05) is 6.54 Å². The van der Waals surface area contributed by atoms with E-state index in [0.717, 1.165) is 39.2 Å². The van der Waals surface area contributed by atoms with Gasteiger partial charge in [0.1, 0.15) is 16.5 Å². The first-order chi connectivity index (χ1) is 11.5. The van der Waals surface area contributed by atoms with Crippen LogP contribution in [0.5, 0.6) is 0 Å². The third-order valence-corrected chi connectivity index (χ3v) is 5.98. The molecule has 1 aromatic heterocycles. The Labute approximate surface area is 137 Å². The zero-order valence-corrected chi connectivity index (χ0v) is 13.4. The van der Waals surface area contributed by atoms with Gasteiger partial charge in [0.05, 0.1) is 5.52 Å². The van der Waals surface area contributed by atoms with Crippen LogP contribution in [0.4, 0.5) is 8.78 Å². The third-order valence-electron chi connectivity index (χ3n) is 4.28. The maximum atomic E-state index is 14.0. The molecule has 7 heteroatoms. The summed E-state index contributed by atoms with van der Waals surface area (Å²) in [5.74, 6) is -1.91. The summed E-state index contributed by atoms with van der Waals surface area (Å²) in [5.41, 5.74) is 2.42. The SMILES string of the molecule is O=S(=O)(c1ccc(F)cc1F)n1cc2c3c(cccc31)CNCC2. The van der Waals surface area contributed by atoms with Gasteiger partial charge in [0.25, 0.3) is 10.0 Å². The molecule has 4 rings (SSSR count). The number of nitrogens with one attached hydrogen (secondary N) is 1. The molecule has 0 aliphatic carbocycles. The number of hydrogen-bond acceptors (Lipinski definition) is 3. The molecule has 0 fully saturated rings. The molecule has 0 saturated carbocycles. The van der Waals surface area contributed by atoms with E-state index in [4.69, 9.17) is 0 Å². The summed E-state index contributed by atoms with van der Waals surface area (Å²) in [6.07, 6.45) is 2.22. The molecule has 0 saturated heterocycles. The minimum atomic E-state index is -4.15. The lowest BCUT2D eigenvalue weighted by molar-refractivity contribution is 0.546. The van der Waals surface area contributed by atoms with Gasteiger partial charge >= 0.3 is 0 Å². The zero-order valence-electron chi connectivity index (χ0n) is 12.6. The molecule has 24 heavy (non-hydrogen) atoms. The Bertz CT molecular complexity index is 1060. The monoisotopic (exact) mass is 348 g/mol. The maximum Gasteiger partial charge on any atom is 0.271 e. The smallest absolute Gasteiger partial charge is 0.271 e. The molecule has 1 aliphatic rings. The van der Waals surface area contributed by atoms with E-state index in [1.54, 1.807) is 18.3 Å². The normalized spacial score (nSPS) is 14.8. The lowest BCUT2D eigenvalue weighted by Gasteiger charge is -2.10. The van der Waals surface area contributed by atoms with Gasteiger partial charge in [-0.05, 0) is 42.3 Å². The van der Waals surface area contributed by atoms with Gasteiger partial charge in [-0.3, -0.25) is 0 Å². The van der Waals surface area contributed by atoms with E-state index in [1.165, 1.54) is 0 Å². The van der Waals surface area contributed by atoms with Crippen LogP contribution >= 0.6 is 0 Å². The van der Waals surface area contributed by atoms with E-state index in [9.17, 15) is 17.2 Å². The molecule has 0 unspecified atom stereocenters. The average Bonchev–Trinajstić information content (AvgIpc) is 2.78. The summed E-state index contributed by atoms with van der Waals surface area (Å²) in [7, 11) is -4.15. The Hall–Kier alpha value is -2.25. The first-order valence-electron chi connectivity index (χ1n) is 7.51. The van der Waals surface area contributed by atoms with Crippen molar-refractivity contribution in [3.05, 3.63) is 65.4 Å². The standard InChI is InChI=1S/C17H14F2N2O2S/c18-13-4-5-16(14(19)8-13)24(22,23)21-10-12-6-7-20-9-11-2-1-3-15(21)17(11)12/h1-5,8,10,20H,6-7,9H2. The summed E-state index contributed by atoms with van der Waals surface area (Å²) < 4.78 is 54.1. The number of rotatable bonds is 2. The fraction of sp³-hybridized carbons (Fsp3) is 0.176. The largest absolute Gasteiger partial charge is 0.312 e. The van der Waals surface area contributed by atoms with Crippen molar-refractivity contribution in [3.8, 4) is 0 Å². The highest BCUT2D eigenvalue weighted by Gasteiger charge is 2.26. The summed E-state index contributed by atoms with van der Waals surface area (Å²) in [6.45, 7) is 1.39. The van der Waals surface area contributed by atoms with Gasteiger partial charge in [0.15, 0.2) is 0 Å². The second-order valence-electron chi connectivity index (χ2n) is 5.77. The molecule has 0 atom stereocenters.